The predicted molar refractivity (Wildman–Crippen MR) is 110 cm³/mol. The first-order valence-electron chi connectivity index (χ1n) is 10.2. The minimum absolute atomic E-state index is 0.0571. The molecule has 0 saturated carbocycles. The van der Waals surface area contributed by atoms with Crippen LogP contribution in [0.1, 0.15) is 55.1 Å². The number of hydrogen-bond donors (Lipinski definition) is 1. The first kappa shape index (κ1) is 22.8. The molecule has 9 heteroatoms. The van der Waals surface area contributed by atoms with Crippen molar-refractivity contribution in [1.29, 1.82) is 5.26 Å². The van der Waals surface area contributed by atoms with Gasteiger partial charge in [0, 0.05) is 44.7 Å². The smallest absolute Gasteiger partial charge is 0.407 e. The Morgan fingerprint density at radius 2 is 1.94 bits per heavy atom. The first-order chi connectivity index (χ1) is 14.6. The molecule has 2 fully saturated rings. The Bertz CT molecular complexity index is 894. The van der Waals surface area contributed by atoms with E-state index in [9.17, 15) is 14.9 Å². The molecule has 8 nitrogen and oxygen atoms in total. The van der Waals surface area contributed by atoms with E-state index in [1.807, 2.05) is 6.07 Å². The minimum atomic E-state index is -1.75. The highest BCUT2D eigenvalue weighted by Crippen LogP contribution is 2.42. The van der Waals surface area contributed by atoms with E-state index in [1.165, 1.54) is 24.1 Å². The van der Waals surface area contributed by atoms with Crippen molar-refractivity contribution in [2.45, 2.75) is 50.9 Å². The normalized spacial score (nSPS) is 18.5. The molecule has 168 valence electrons. The van der Waals surface area contributed by atoms with Crippen LogP contribution in [0.5, 0.6) is 5.75 Å². The molecule has 0 radical (unpaired) electrons. The molecule has 1 aromatic rings. The molecule has 1 aromatic carbocycles. The van der Waals surface area contributed by atoms with Crippen LogP contribution in [-0.4, -0.2) is 62.0 Å². The standard InChI is InChI=1S/C22H28FN3O5/c1-21(2,3)31-20(28)25-15-12-26(13-15)19(27)17-16(22(23)7-9-30-10-8-22)6-5-14(11-24)18(17)29-4/h5-6,15H,7-10,12-13H2,1-4H3,(H,25,28). The van der Waals surface area contributed by atoms with E-state index in [4.69, 9.17) is 14.2 Å². The molecule has 2 saturated heterocycles. The van der Waals surface area contributed by atoms with Gasteiger partial charge in [-0.25, -0.2) is 9.18 Å². The number of rotatable bonds is 4. The summed E-state index contributed by atoms with van der Waals surface area (Å²) in [6.07, 6.45) is -0.324. The molecule has 2 heterocycles. The van der Waals surface area contributed by atoms with Gasteiger partial charge in [-0.3, -0.25) is 4.79 Å². The summed E-state index contributed by atoms with van der Waals surface area (Å²) < 4.78 is 31.7. The lowest BCUT2D eigenvalue weighted by Crippen LogP contribution is -2.61. The van der Waals surface area contributed by atoms with Crippen LogP contribution in [0.3, 0.4) is 0 Å². The second-order valence-corrected chi connectivity index (χ2v) is 8.81. The van der Waals surface area contributed by atoms with Crippen LogP contribution >= 0.6 is 0 Å². The summed E-state index contributed by atoms with van der Waals surface area (Å²) in [5.41, 5.74) is -1.94. The Labute approximate surface area is 181 Å². The molecule has 1 N–H and O–H groups in total. The number of nitrogens with one attached hydrogen (secondary N) is 1. The van der Waals surface area contributed by atoms with E-state index in [2.05, 4.69) is 5.32 Å². The molecule has 3 rings (SSSR count). The number of halogens is 1. The Balaban J connectivity index is 1.82. The van der Waals surface area contributed by atoms with Gasteiger partial charge >= 0.3 is 6.09 Å². The number of alkyl carbamates (subject to hydrolysis) is 1. The summed E-state index contributed by atoms with van der Waals surface area (Å²) >= 11 is 0. The number of carbonyl (C=O) groups excluding carboxylic acids is 2. The third kappa shape index (κ3) is 4.90. The third-order valence-corrected chi connectivity index (χ3v) is 5.35. The lowest BCUT2D eigenvalue weighted by atomic mass is 9.83. The van der Waals surface area contributed by atoms with E-state index < -0.39 is 23.3 Å². The largest absolute Gasteiger partial charge is 0.495 e. The van der Waals surface area contributed by atoms with Crippen LogP contribution in [0.2, 0.25) is 0 Å². The van der Waals surface area contributed by atoms with Gasteiger partial charge in [0.15, 0.2) is 0 Å². The highest BCUT2D eigenvalue weighted by atomic mass is 19.1. The maximum atomic E-state index is 15.8. The Hall–Kier alpha value is -2.86. The first-order valence-corrected chi connectivity index (χ1v) is 10.2. The second kappa shape index (κ2) is 8.71. The molecular formula is C22H28FN3O5. The lowest BCUT2D eigenvalue weighted by Gasteiger charge is -2.41. The Morgan fingerprint density at radius 1 is 1.29 bits per heavy atom. The summed E-state index contributed by atoms with van der Waals surface area (Å²) in [5, 5.41) is 12.2. The number of nitriles is 1. The van der Waals surface area contributed by atoms with Crippen LogP contribution in [0.25, 0.3) is 0 Å². The Kier molecular flexibility index (Phi) is 6.41. The van der Waals surface area contributed by atoms with Gasteiger partial charge in [-0.2, -0.15) is 5.26 Å². The number of amides is 2. The average molecular weight is 433 g/mol. The maximum Gasteiger partial charge on any atom is 0.407 e. The summed E-state index contributed by atoms with van der Waals surface area (Å²) in [6, 6.07) is 4.70. The topological polar surface area (TPSA) is 101 Å². The number of ether oxygens (including phenoxy) is 3. The molecule has 2 aliphatic rings. The van der Waals surface area contributed by atoms with Gasteiger partial charge in [-0.05, 0) is 26.8 Å². The lowest BCUT2D eigenvalue weighted by molar-refractivity contribution is -0.0123. The molecule has 0 aromatic heterocycles. The monoisotopic (exact) mass is 433 g/mol. The van der Waals surface area contributed by atoms with Gasteiger partial charge in [0.25, 0.3) is 5.91 Å². The molecule has 31 heavy (non-hydrogen) atoms. The molecule has 0 bridgehead atoms. The zero-order chi connectivity index (χ0) is 22.8. The fourth-order valence-corrected chi connectivity index (χ4v) is 3.80. The fraction of sp³-hybridized carbons (Fsp3) is 0.591. The SMILES string of the molecule is COc1c(C#N)ccc(C2(F)CCOCC2)c1C(=O)N1CC(NC(=O)OC(C)(C)C)C1. The van der Waals surface area contributed by atoms with Crippen LogP contribution in [0, 0.1) is 11.3 Å². The van der Waals surface area contributed by atoms with Crippen LogP contribution in [-0.2, 0) is 15.1 Å². The summed E-state index contributed by atoms with van der Waals surface area (Å²) in [7, 11) is 1.36. The van der Waals surface area contributed by atoms with Gasteiger partial charge in [-0.1, -0.05) is 6.07 Å². The number of alkyl halides is 1. The van der Waals surface area contributed by atoms with Gasteiger partial charge in [0.1, 0.15) is 23.1 Å². The van der Waals surface area contributed by atoms with Crippen LogP contribution < -0.4 is 10.1 Å². The second-order valence-electron chi connectivity index (χ2n) is 8.81. The summed E-state index contributed by atoms with van der Waals surface area (Å²) in [5.74, 6) is -0.369. The van der Waals surface area contributed by atoms with Gasteiger partial charge in [0.05, 0.1) is 24.3 Å². The van der Waals surface area contributed by atoms with Crippen molar-refractivity contribution in [3.8, 4) is 11.8 Å². The number of hydrogen-bond acceptors (Lipinski definition) is 6. The molecule has 0 aliphatic carbocycles. The van der Waals surface area contributed by atoms with E-state index in [0.29, 0.717) is 0 Å². The number of carbonyl (C=O) groups is 2. The highest BCUT2D eigenvalue weighted by molar-refractivity contribution is 6.00. The predicted octanol–water partition coefficient (Wildman–Crippen LogP) is 2.89. The highest BCUT2D eigenvalue weighted by Gasteiger charge is 2.42. The molecule has 0 atom stereocenters. The minimum Gasteiger partial charge on any atom is -0.495 e. The van der Waals surface area contributed by atoms with Gasteiger partial charge < -0.3 is 24.4 Å². The van der Waals surface area contributed by atoms with Crippen molar-refractivity contribution in [1.82, 2.24) is 10.2 Å². The quantitative estimate of drug-likeness (QED) is 0.784. The summed E-state index contributed by atoms with van der Waals surface area (Å²) in [4.78, 5) is 26.8. The van der Waals surface area contributed by atoms with Crippen molar-refractivity contribution in [2.75, 3.05) is 33.4 Å². The Morgan fingerprint density at radius 3 is 2.48 bits per heavy atom. The van der Waals surface area contributed by atoms with Crippen molar-refractivity contribution in [3.63, 3.8) is 0 Å². The van der Waals surface area contributed by atoms with Crippen molar-refractivity contribution in [3.05, 3.63) is 28.8 Å². The van der Waals surface area contributed by atoms with E-state index in [-0.39, 0.29) is 67.6 Å². The van der Waals surface area contributed by atoms with Crippen molar-refractivity contribution < 1.29 is 28.2 Å². The van der Waals surface area contributed by atoms with Crippen LogP contribution in [0.15, 0.2) is 12.1 Å². The molecule has 2 aliphatic heterocycles. The number of benzene rings is 1. The zero-order valence-corrected chi connectivity index (χ0v) is 18.3. The van der Waals surface area contributed by atoms with E-state index >= 15 is 4.39 Å². The zero-order valence-electron chi connectivity index (χ0n) is 18.3. The van der Waals surface area contributed by atoms with Gasteiger partial charge in [0.2, 0.25) is 0 Å². The molecule has 0 unspecified atom stereocenters. The average Bonchev–Trinajstić information content (AvgIpc) is 2.67. The van der Waals surface area contributed by atoms with E-state index in [1.54, 1.807) is 20.8 Å². The number of methoxy groups -OCH3 is 1. The molecular weight excluding hydrogens is 405 g/mol. The van der Waals surface area contributed by atoms with Crippen LogP contribution in [0.4, 0.5) is 9.18 Å². The summed E-state index contributed by atoms with van der Waals surface area (Å²) in [6.45, 7) is 6.29. The fourth-order valence-electron chi connectivity index (χ4n) is 3.80. The third-order valence-electron chi connectivity index (χ3n) is 5.35. The van der Waals surface area contributed by atoms with Gasteiger partial charge in [-0.15, -0.1) is 0 Å². The maximum absolute atomic E-state index is 15.8. The van der Waals surface area contributed by atoms with Crippen molar-refractivity contribution >= 4 is 12.0 Å². The number of nitrogens with zero attached hydrogens (tertiary/aromatic N) is 2. The van der Waals surface area contributed by atoms with E-state index in [0.717, 1.165) is 0 Å². The van der Waals surface area contributed by atoms with Crippen molar-refractivity contribution in [2.24, 2.45) is 0 Å². The molecule has 2 amide bonds. The molecule has 0 spiro atoms. The number of likely N-dealkylation sites (tertiary alicyclic amines) is 1.